The van der Waals surface area contributed by atoms with Crippen LogP contribution in [0.4, 0.5) is 4.79 Å². The van der Waals surface area contributed by atoms with E-state index >= 15 is 0 Å². The molecule has 0 saturated carbocycles. The van der Waals surface area contributed by atoms with Crippen molar-refractivity contribution >= 4 is 6.03 Å². The maximum absolute atomic E-state index is 11.9. The smallest absolute Gasteiger partial charge is 0.319 e. The monoisotopic (exact) mass is 284 g/mol. The van der Waals surface area contributed by atoms with E-state index in [4.69, 9.17) is 4.74 Å². The van der Waals surface area contributed by atoms with Crippen molar-refractivity contribution in [3.05, 3.63) is 0 Å². The molecule has 2 rings (SSSR count). The molecule has 6 nitrogen and oxygen atoms in total. The second kappa shape index (κ2) is 7.24. The van der Waals surface area contributed by atoms with Crippen LogP contribution in [0.15, 0.2) is 0 Å². The van der Waals surface area contributed by atoms with E-state index in [1.807, 2.05) is 19.0 Å². The van der Waals surface area contributed by atoms with Crippen LogP contribution in [0.2, 0.25) is 0 Å². The summed E-state index contributed by atoms with van der Waals surface area (Å²) in [5, 5.41) is 3.60. The Kier molecular flexibility index (Phi) is 5.63. The van der Waals surface area contributed by atoms with Crippen molar-refractivity contribution in [2.45, 2.75) is 25.0 Å². The summed E-state index contributed by atoms with van der Waals surface area (Å²) in [6.07, 6.45) is 2.36. The summed E-state index contributed by atoms with van der Waals surface area (Å²) in [6.45, 7) is 5.47. The quantitative estimate of drug-likeness (QED) is 0.796. The van der Waals surface area contributed by atoms with E-state index in [0.29, 0.717) is 12.1 Å². The van der Waals surface area contributed by atoms with Gasteiger partial charge < -0.3 is 24.8 Å². The van der Waals surface area contributed by atoms with Gasteiger partial charge in [0, 0.05) is 52.9 Å². The molecular weight excluding hydrogens is 256 g/mol. The first-order chi connectivity index (χ1) is 9.56. The van der Waals surface area contributed by atoms with E-state index in [0.717, 1.165) is 52.2 Å². The molecule has 2 aliphatic rings. The van der Waals surface area contributed by atoms with Gasteiger partial charge in [-0.2, -0.15) is 0 Å². The Bertz CT molecular complexity index is 316. The van der Waals surface area contributed by atoms with Crippen LogP contribution >= 0.6 is 0 Å². The minimum atomic E-state index is 0.126. The Morgan fingerprint density at radius 2 is 2.00 bits per heavy atom. The molecule has 0 aromatic heterocycles. The Labute approximate surface area is 122 Å². The molecule has 2 saturated heterocycles. The van der Waals surface area contributed by atoms with Crippen molar-refractivity contribution in [3.8, 4) is 0 Å². The number of carbonyl (C=O) groups is 1. The molecule has 0 aromatic rings. The van der Waals surface area contributed by atoms with Gasteiger partial charge in [-0.3, -0.25) is 0 Å². The Balaban J connectivity index is 1.65. The molecular formula is C14H28N4O2. The molecule has 2 fully saturated rings. The fourth-order valence-electron chi connectivity index (χ4n) is 2.85. The average molecular weight is 284 g/mol. The molecule has 0 bridgehead atoms. The number of morpholine rings is 1. The number of hydrogen-bond donors (Lipinski definition) is 1. The van der Waals surface area contributed by atoms with Crippen molar-refractivity contribution in [2.24, 2.45) is 0 Å². The second-order valence-corrected chi connectivity index (χ2v) is 6.10. The summed E-state index contributed by atoms with van der Waals surface area (Å²) in [5.41, 5.74) is 0. The van der Waals surface area contributed by atoms with Gasteiger partial charge in [-0.05, 0) is 19.9 Å². The second-order valence-electron chi connectivity index (χ2n) is 6.10. The summed E-state index contributed by atoms with van der Waals surface area (Å²) in [5.74, 6) is 0. The highest BCUT2D eigenvalue weighted by Crippen LogP contribution is 2.12. The number of urea groups is 1. The van der Waals surface area contributed by atoms with Gasteiger partial charge in [0.15, 0.2) is 0 Å². The molecule has 1 unspecified atom stereocenters. The fourth-order valence-corrected chi connectivity index (χ4v) is 2.85. The zero-order valence-electron chi connectivity index (χ0n) is 13.0. The molecule has 116 valence electrons. The van der Waals surface area contributed by atoms with Gasteiger partial charge in [-0.15, -0.1) is 0 Å². The molecule has 0 radical (unpaired) electrons. The number of likely N-dealkylation sites (N-methyl/N-ethyl adjacent to an activating group) is 1. The number of likely N-dealkylation sites (tertiary alicyclic amines) is 1. The molecule has 1 atom stereocenters. The molecule has 0 spiro atoms. The van der Waals surface area contributed by atoms with Crippen LogP contribution in [-0.2, 0) is 4.74 Å². The Morgan fingerprint density at radius 1 is 1.30 bits per heavy atom. The van der Waals surface area contributed by atoms with Crippen LogP contribution in [-0.4, -0.2) is 93.4 Å². The number of hydrogen-bond acceptors (Lipinski definition) is 4. The molecule has 2 heterocycles. The van der Waals surface area contributed by atoms with Crippen molar-refractivity contribution in [1.29, 1.82) is 0 Å². The molecule has 2 amide bonds. The zero-order valence-corrected chi connectivity index (χ0v) is 13.0. The van der Waals surface area contributed by atoms with E-state index in [9.17, 15) is 4.79 Å². The number of nitrogens with one attached hydrogen (secondary N) is 1. The topological polar surface area (TPSA) is 48.1 Å². The average Bonchev–Trinajstić information content (AvgIpc) is 2.45. The third kappa shape index (κ3) is 4.33. The highest BCUT2D eigenvalue weighted by molar-refractivity contribution is 5.73. The summed E-state index contributed by atoms with van der Waals surface area (Å²) >= 11 is 0. The predicted molar refractivity (Wildman–Crippen MR) is 78.9 cm³/mol. The third-order valence-electron chi connectivity index (χ3n) is 4.12. The number of amides is 2. The van der Waals surface area contributed by atoms with Crippen LogP contribution < -0.4 is 5.32 Å². The van der Waals surface area contributed by atoms with Crippen LogP contribution in [0, 0.1) is 0 Å². The summed E-state index contributed by atoms with van der Waals surface area (Å²) < 4.78 is 5.75. The fraction of sp³-hybridized carbons (Fsp3) is 0.929. The molecule has 0 aromatic carbocycles. The number of rotatable bonds is 3. The number of nitrogens with zero attached hydrogens (tertiary/aromatic N) is 3. The first kappa shape index (κ1) is 15.5. The molecule has 0 aliphatic carbocycles. The van der Waals surface area contributed by atoms with E-state index in [1.54, 1.807) is 4.90 Å². The molecule has 20 heavy (non-hydrogen) atoms. The van der Waals surface area contributed by atoms with Gasteiger partial charge >= 0.3 is 6.03 Å². The van der Waals surface area contributed by atoms with E-state index in [1.165, 1.54) is 0 Å². The third-order valence-corrected chi connectivity index (χ3v) is 4.12. The van der Waals surface area contributed by atoms with Crippen molar-refractivity contribution < 1.29 is 9.53 Å². The maximum atomic E-state index is 11.9. The van der Waals surface area contributed by atoms with Crippen molar-refractivity contribution in [1.82, 2.24) is 20.0 Å². The summed E-state index contributed by atoms with van der Waals surface area (Å²) in [7, 11) is 5.76. The minimum absolute atomic E-state index is 0.126. The summed E-state index contributed by atoms with van der Waals surface area (Å²) in [4.78, 5) is 17.8. The van der Waals surface area contributed by atoms with Crippen LogP contribution in [0.1, 0.15) is 12.8 Å². The standard InChI is InChI=1S/C14H28N4O2/c1-16(2)14(19)18-6-4-12(5-7-18)15-10-13-11-17(3)8-9-20-13/h12-13,15H,4-11H2,1-3H3. The van der Waals surface area contributed by atoms with E-state index in [2.05, 4.69) is 17.3 Å². The molecule has 6 heteroatoms. The SMILES string of the molecule is CN1CCOC(CNC2CCN(C(=O)N(C)C)CC2)C1. The van der Waals surface area contributed by atoms with E-state index < -0.39 is 0 Å². The highest BCUT2D eigenvalue weighted by Gasteiger charge is 2.25. The van der Waals surface area contributed by atoms with Gasteiger partial charge in [0.2, 0.25) is 0 Å². The zero-order chi connectivity index (χ0) is 14.5. The maximum Gasteiger partial charge on any atom is 0.319 e. The predicted octanol–water partition coefficient (Wildman–Crippen LogP) is 0.0526. The Hall–Kier alpha value is -0.850. The van der Waals surface area contributed by atoms with Gasteiger partial charge in [-0.1, -0.05) is 0 Å². The number of carbonyl (C=O) groups excluding carboxylic acids is 1. The lowest BCUT2D eigenvalue weighted by atomic mass is 10.0. The van der Waals surface area contributed by atoms with Crippen LogP contribution in [0.3, 0.4) is 0 Å². The van der Waals surface area contributed by atoms with Gasteiger partial charge in [-0.25, -0.2) is 4.79 Å². The lowest BCUT2D eigenvalue weighted by molar-refractivity contribution is -0.0200. The first-order valence-corrected chi connectivity index (χ1v) is 7.56. The number of ether oxygens (including phenoxy) is 1. The normalized spacial score (nSPS) is 25.8. The highest BCUT2D eigenvalue weighted by atomic mass is 16.5. The Morgan fingerprint density at radius 3 is 2.60 bits per heavy atom. The van der Waals surface area contributed by atoms with Crippen LogP contribution in [0.25, 0.3) is 0 Å². The minimum Gasteiger partial charge on any atom is -0.374 e. The number of piperidine rings is 1. The summed E-state index contributed by atoms with van der Waals surface area (Å²) in [6, 6.07) is 0.637. The largest absolute Gasteiger partial charge is 0.374 e. The van der Waals surface area contributed by atoms with E-state index in [-0.39, 0.29) is 6.03 Å². The lowest BCUT2D eigenvalue weighted by Crippen LogP contribution is -2.51. The van der Waals surface area contributed by atoms with Crippen molar-refractivity contribution in [3.63, 3.8) is 0 Å². The van der Waals surface area contributed by atoms with Crippen LogP contribution in [0.5, 0.6) is 0 Å². The van der Waals surface area contributed by atoms with Gasteiger partial charge in [0.05, 0.1) is 12.7 Å². The molecule has 1 N–H and O–H groups in total. The van der Waals surface area contributed by atoms with Gasteiger partial charge in [0.25, 0.3) is 0 Å². The molecule has 2 aliphatic heterocycles. The lowest BCUT2D eigenvalue weighted by Gasteiger charge is -2.35. The van der Waals surface area contributed by atoms with Crippen molar-refractivity contribution in [2.75, 3.05) is 60.5 Å². The first-order valence-electron chi connectivity index (χ1n) is 7.56. The van der Waals surface area contributed by atoms with Gasteiger partial charge in [0.1, 0.15) is 0 Å².